The molecule has 1 amide bonds. The maximum Gasteiger partial charge on any atom is 0.229 e. The van der Waals surface area contributed by atoms with Crippen LogP contribution in [0.2, 0.25) is 0 Å². The lowest BCUT2D eigenvalue weighted by Gasteiger charge is -2.34. The van der Waals surface area contributed by atoms with Crippen LogP contribution >= 0.6 is 0 Å². The average Bonchev–Trinajstić information content (AvgIpc) is 2.94. The van der Waals surface area contributed by atoms with Gasteiger partial charge in [-0.15, -0.1) is 0 Å². The molecular weight excluding hydrogens is 271 g/mol. The Bertz CT molecular complexity index is 544. The molecule has 2 aliphatic rings. The van der Waals surface area contributed by atoms with E-state index >= 15 is 0 Å². The molecule has 5 heteroatoms. The summed E-state index contributed by atoms with van der Waals surface area (Å²) < 4.78 is 18.7. The van der Waals surface area contributed by atoms with E-state index in [0.717, 1.165) is 5.56 Å². The second kappa shape index (κ2) is 5.95. The van der Waals surface area contributed by atoms with Crippen LogP contribution in [0.4, 0.5) is 4.39 Å². The van der Waals surface area contributed by atoms with Crippen LogP contribution in [0.3, 0.4) is 0 Å². The lowest BCUT2D eigenvalue weighted by atomic mass is 10.0. The molecule has 112 valence electrons. The number of benzene rings is 1. The summed E-state index contributed by atoms with van der Waals surface area (Å²) in [6, 6.07) is 6.22. The molecule has 1 aliphatic heterocycles. The minimum Gasteiger partial charge on any atom is -0.370 e. The quantitative estimate of drug-likeness (QED) is 0.842. The highest BCUT2D eigenvalue weighted by Gasteiger charge is 2.31. The molecule has 1 aliphatic carbocycles. The van der Waals surface area contributed by atoms with Gasteiger partial charge in [-0.2, -0.15) is 0 Å². The Morgan fingerprint density at radius 3 is 2.71 bits per heavy atom. The summed E-state index contributed by atoms with van der Waals surface area (Å²) in [6.45, 7) is 1.59. The maximum atomic E-state index is 13.0. The minimum atomic E-state index is -0.271. The number of nitrogens with zero attached hydrogens (tertiary/aromatic N) is 1. The van der Waals surface area contributed by atoms with Crippen LogP contribution < -0.4 is 5.73 Å². The molecule has 3 rings (SSSR count). The number of hydrogen-bond donors (Lipinski definition) is 1. The lowest BCUT2D eigenvalue weighted by Crippen LogP contribution is -2.44. The van der Waals surface area contributed by atoms with Crippen LogP contribution in [-0.2, 0) is 9.53 Å². The number of rotatable bonds is 2. The number of amides is 1. The van der Waals surface area contributed by atoms with Gasteiger partial charge in [-0.1, -0.05) is 24.3 Å². The monoisotopic (exact) mass is 290 g/mol. The molecule has 1 aromatic carbocycles. The van der Waals surface area contributed by atoms with Crippen molar-refractivity contribution in [2.24, 2.45) is 11.7 Å². The second-order valence-electron chi connectivity index (χ2n) is 5.59. The van der Waals surface area contributed by atoms with Crippen molar-refractivity contribution in [1.82, 2.24) is 4.90 Å². The van der Waals surface area contributed by atoms with Crippen molar-refractivity contribution in [2.75, 3.05) is 19.7 Å². The van der Waals surface area contributed by atoms with E-state index in [1.165, 1.54) is 12.1 Å². The standard InChI is InChI=1S/C16H19FN2O2/c17-13-4-1-11(2-5-13)15-10-19(7-8-21-15)16(20)12-3-6-14(18)9-12/h1-6,12,14-15H,7-10,18H2. The predicted molar refractivity (Wildman–Crippen MR) is 76.9 cm³/mol. The number of morpholine rings is 1. The highest BCUT2D eigenvalue weighted by Crippen LogP contribution is 2.26. The molecule has 21 heavy (non-hydrogen) atoms. The van der Waals surface area contributed by atoms with Gasteiger partial charge in [0.05, 0.1) is 19.1 Å². The van der Waals surface area contributed by atoms with Crippen molar-refractivity contribution >= 4 is 5.91 Å². The Morgan fingerprint density at radius 1 is 1.29 bits per heavy atom. The first-order valence-electron chi connectivity index (χ1n) is 7.23. The number of halogens is 1. The van der Waals surface area contributed by atoms with Gasteiger partial charge in [-0.3, -0.25) is 4.79 Å². The van der Waals surface area contributed by atoms with E-state index in [9.17, 15) is 9.18 Å². The van der Waals surface area contributed by atoms with Crippen LogP contribution in [0.15, 0.2) is 36.4 Å². The fourth-order valence-corrected chi connectivity index (χ4v) is 2.87. The molecule has 1 heterocycles. The van der Waals surface area contributed by atoms with Crippen LogP contribution in [0.25, 0.3) is 0 Å². The van der Waals surface area contributed by atoms with E-state index in [-0.39, 0.29) is 29.8 Å². The first kappa shape index (κ1) is 14.2. The van der Waals surface area contributed by atoms with Gasteiger partial charge in [-0.25, -0.2) is 4.39 Å². The van der Waals surface area contributed by atoms with Crippen molar-refractivity contribution in [3.63, 3.8) is 0 Å². The number of nitrogens with two attached hydrogens (primary N) is 1. The van der Waals surface area contributed by atoms with Crippen molar-refractivity contribution in [1.29, 1.82) is 0 Å². The number of ether oxygens (including phenoxy) is 1. The van der Waals surface area contributed by atoms with Gasteiger partial charge >= 0.3 is 0 Å². The van der Waals surface area contributed by atoms with Gasteiger partial charge in [0.25, 0.3) is 0 Å². The smallest absolute Gasteiger partial charge is 0.229 e. The molecule has 2 N–H and O–H groups in total. The van der Waals surface area contributed by atoms with Crippen LogP contribution in [0, 0.1) is 11.7 Å². The number of hydrogen-bond acceptors (Lipinski definition) is 3. The van der Waals surface area contributed by atoms with Gasteiger partial charge in [0.2, 0.25) is 5.91 Å². The SMILES string of the molecule is NC1C=CC(C(=O)N2CCOC(c3ccc(F)cc3)C2)C1. The highest BCUT2D eigenvalue weighted by atomic mass is 19.1. The average molecular weight is 290 g/mol. The van der Waals surface area contributed by atoms with E-state index in [4.69, 9.17) is 10.5 Å². The van der Waals surface area contributed by atoms with Crippen molar-refractivity contribution < 1.29 is 13.9 Å². The molecule has 0 bridgehead atoms. The zero-order valence-electron chi connectivity index (χ0n) is 11.7. The highest BCUT2D eigenvalue weighted by molar-refractivity contribution is 5.81. The summed E-state index contributed by atoms with van der Waals surface area (Å²) in [5.41, 5.74) is 6.70. The number of carbonyl (C=O) groups is 1. The summed E-state index contributed by atoms with van der Waals surface area (Å²) >= 11 is 0. The van der Waals surface area contributed by atoms with Crippen molar-refractivity contribution in [2.45, 2.75) is 18.6 Å². The predicted octanol–water partition coefficient (Wildman–Crippen LogP) is 1.63. The Balaban J connectivity index is 1.67. The zero-order chi connectivity index (χ0) is 14.8. The molecule has 1 fully saturated rings. The normalized spacial score (nSPS) is 28.9. The van der Waals surface area contributed by atoms with Crippen molar-refractivity contribution in [3.05, 3.63) is 47.8 Å². The molecule has 1 aromatic rings. The fourth-order valence-electron chi connectivity index (χ4n) is 2.87. The molecule has 0 spiro atoms. The van der Waals surface area contributed by atoms with E-state index in [1.54, 1.807) is 12.1 Å². The number of carbonyl (C=O) groups excluding carboxylic acids is 1. The van der Waals surface area contributed by atoms with Gasteiger partial charge in [0.15, 0.2) is 0 Å². The van der Waals surface area contributed by atoms with E-state index < -0.39 is 0 Å². The summed E-state index contributed by atoms with van der Waals surface area (Å²) in [5.74, 6) is -0.283. The van der Waals surface area contributed by atoms with E-state index in [0.29, 0.717) is 26.1 Å². The third kappa shape index (κ3) is 3.14. The molecular formula is C16H19FN2O2. The third-order valence-corrected chi connectivity index (χ3v) is 4.05. The molecule has 0 radical (unpaired) electrons. The lowest BCUT2D eigenvalue weighted by molar-refractivity contribution is -0.141. The summed E-state index contributed by atoms with van der Waals surface area (Å²) in [6.07, 6.45) is 4.27. The first-order chi connectivity index (χ1) is 10.1. The van der Waals surface area contributed by atoms with E-state index in [2.05, 4.69) is 0 Å². The van der Waals surface area contributed by atoms with Gasteiger partial charge < -0.3 is 15.4 Å². The summed E-state index contributed by atoms with van der Waals surface area (Å²) in [4.78, 5) is 14.3. The maximum absolute atomic E-state index is 13.0. The van der Waals surface area contributed by atoms with Gasteiger partial charge in [-0.05, 0) is 24.1 Å². The van der Waals surface area contributed by atoms with E-state index in [1.807, 2.05) is 17.1 Å². The van der Waals surface area contributed by atoms with Gasteiger partial charge in [0, 0.05) is 12.6 Å². The van der Waals surface area contributed by atoms with Crippen LogP contribution in [0.5, 0.6) is 0 Å². The fraction of sp³-hybridized carbons (Fsp3) is 0.438. The molecule has 4 nitrogen and oxygen atoms in total. The van der Waals surface area contributed by atoms with Crippen LogP contribution in [0.1, 0.15) is 18.1 Å². The first-order valence-corrected chi connectivity index (χ1v) is 7.23. The summed E-state index contributed by atoms with van der Waals surface area (Å²) in [5, 5.41) is 0. The summed E-state index contributed by atoms with van der Waals surface area (Å²) in [7, 11) is 0. The topological polar surface area (TPSA) is 55.6 Å². The largest absolute Gasteiger partial charge is 0.370 e. The van der Waals surface area contributed by atoms with Crippen molar-refractivity contribution in [3.8, 4) is 0 Å². The molecule has 3 unspecified atom stereocenters. The van der Waals surface area contributed by atoms with Gasteiger partial charge in [0.1, 0.15) is 11.9 Å². The molecule has 0 saturated carbocycles. The zero-order valence-corrected chi connectivity index (χ0v) is 11.7. The molecule has 1 saturated heterocycles. The Kier molecular flexibility index (Phi) is 4.03. The minimum absolute atomic E-state index is 0.0205. The Labute approximate surface area is 123 Å². The Hall–Kier alpha value is -1.72. The van der Waals surface area contributed by atoms with Crippen LogP contribution in [-0.4, -0.2) is 36.5 Å². The third-order valence-electron chi connectivity index (χ3n) is 4.05. The molecule has 3 atom stereocenters. The second-order valence-corrected chi connectivity index (χ2v) is 5.59. The Morgan fingerprint density at radius 2 is 2.05 bits per heavy atom. The molecule has 0 aromatic heterocycles.